The summed E-state index contributed by atoms with van der Waals surface area (Å²) in [4.78, 5) is 23.7. The first kappa shape index (κ1) is 14.9. The van der Waals surface area contributed by atoms with E-state index < -0.39 is 12.1 Å². The predicted molar refractivity (Wildman–Crippen MR) is 82.3 cm³/mol. The number of methoxy groups -OCH3 is 1. The van der Waals surface area contributed by atoms with Crippen molar-refractivity contribution in [1.82, 2.24) is 0 Å². The highest BCUT2D eigenvalue weighted by Gasteiger charge is 2.16. The molecular weight excluding hydrogens is 300 g/mol. The van der Waals surface area contributed by atoms with Gasteiger partial charge in [0.25, 0.3) is 0 Å². The lowest BCUT2D eigenvalue weighted by Crippen LogP contribution is -2.24. The number of esters is 1. The van der Waals surface area contributed by atoms with Crippen molar-refractivity contribution < 1.29 is 23.1 Å². The average Bonchev–Trinajstić information content (AvgIpc) is 3.09. The number of hydrogen-bond donors (Lipinski definition) is 0. The van der Waals surface area contributed by atoms with Crippen LogP contribution in [0.15, 0.2) is 56.3 Å². The number of fused-ring (bicyclic) bond motifs is 1. The van der Waals surface area contributed by atoms with Crippen molar-refractivity contribution in [2.75, 3.05) is 7.11 Å². The van der Waals surface area contributed by atoms with Crippen LogP contribution in [0.5, 0.6) is 5.75 Å². The Bertz CT molecular complexity index is 891. The molecule has 0 radical (unpaired) electrons. The van der Waals surface area contributed by atoms with Crippen LogP contribution in [-0.2, 0) is 9.53 Å². The summed E-state index contributed by atoms with van der Waals surface area (Å²) < 4.78 is 21.0. The highest BCUT2D eigenvalue weighted by molar-refractivity contribution is 5.80. The molecule has 0 unspecified atom stereocenters. The van der Waals surface area contributed by atoms with E-state index >= 15 is 0 Å². The van der Waals surface area contributed by atoms with Gasteiger partial charge in [-0.2, -0.15) is 0 Å². The summed E-state index contributed by atoms with van der Waals surface area (Å²) >= 11 is 0. The summed E-state index contributed by atoms with van der Waals surface area (Å²) in [7, 11) is 1.29. The maximum Gasteiger partial charge on any atom is 0.346 e. The van der Waals surface area contributed by atoms with Crippen molar-refractivity contribution in [3.8, 4) is 17.3 Å². The van der Waals surface area contributed by atoms with Crippen molar-refractivity contribution in [3.05, 3.63) is 52.9 Å². The third-order valence-corrected chi connectivity index (χ3v) is 3.31. The van der Waals surface area contributed by atoms with E-state index in [0.29, 0.717) is 28.2 Å². The second-order valence-electron chi connectivity index (χ2n) is 4.89. The topological polar surface area (TPSA) is 78.9 Å². The Morgan fingerprint density at radius 2 is 2.00 bits per heavy atom. The lowest BCUT2D eigenvalue weighted by atomic mass is 10.2. The number of rotatable bonds is 4. The van der Waals surface area contributed by atoms with Crippen LogP contribution in [0.2, 0.25) is 0 Å². The fraction of sp³-hybridized carbons (Fsp3) is 0.176. The second kappa shape index (κ2) is 6.00. The lowest BCUT2D eigenvalue weighted by molar-refractivity contribution is -0.147. The fourth-order valence-electron chi connectivity index (χ4n) is 2.17. The molecule has 3 rings (SSSR count). The maximum atomic E-state index is 12.3. The Morgan fingerprint density at radius 1 is 1.17 bits per heavy atom. The van der Waals surface area contributed by atoms with Crippen molar-refractivity contribution in [2.45, 2.75) is 13.0 Å². The second-order valence-corrected chi connectivity index (χ2v) is 4.89. The number of ether oxygens (including phenoxy) is 2. The monoisotopic (exact) mass is 314 g/mol. The minimum Gasteiger partial charge on any atom is -0.479 e. The minimum absolute atomic E-state index is 0.228. The first-order valence-electron chi connectivity index (χ1n) is 6.95. The third kappa shape index (κ3) is 2.96. The molecule has 2 aromatic heterocycles. The predicted octanol–water partition coefficient (Wildman–Crippen LogP) is 2.99. The van der Waals surface area contributed by atoms with Crippen LogP contribution in [0.3, 0.4) is 0 Å². The van der Waals surface area contributed by atoms with E-state index in [0.717, 1.165) is 0 Å². The van der Waals surface area contributed by atoms with Gasteiger partial charge in [-0.15, -0.1) is 0 Å². The standard InChI is InChI=1S/C17H14O6/c1-10(17(19)20-2)22-11-5-6-14-12(8-11)13(18)9-16(23-14)15-4-3-7-21-15/h3-10H,1-2H3/t10-/m0/s1. The molecule has 23 heavy (non-hydrogen) atoms. The Labute approximate surface area is 131 Å². The zero-order valence-corrected chi connectivity index (χ0v) is 12.6. The zero-order valence-electron chi connectivity index (χ0n) is 12.6. The van der Waals surface area contributed by atoms with Gasteiger partial charge < -0.3 is 18.3 Å². The van der Waals surface area contributed by atoms with Gasteiger partial charge in [-0.1, -0.05) is 0 Å². The van der Waals surface area contributed by atoms with Crippen LogP contribution < -0.4 is 10.2 Å². The van der Waals surface area contributed by atoms with E-state index in [1.165, 1.54) is 25.5 Å². The molecule has 0 saturated carbocycles. The molecule has 0 saturated heterocycles. The van der Waals surface area contributed by atoms with Gasteiger partial charge in [-0.05, 0) is 37.3 Å². The lowest BCUT2D eigenvalue weighted by Gasteiger charge is -2.12. The largest absolute Gasteiger partial charge is 0.479 e. The van der Waals surface area contributed by atoms with E-state index in [2.05, 4.69) is 4.74 Å². The number of hydrogen-bond acceptors (Lipinski definition) is 6. The molecule has 0 aliphatic rings. The fourth-order valence-corrected chi connectivity index (χ4v) is 2.17. The van der Waals surface area contributed by atoms with Crippen molar-refractivity contribution in [3.63, 3.8) is 0 Å². The van der Waals surface area contributed by atoms with Gasteiger partial charge in [0.1, 0.15) is 11.3 Å². The highest BCUT2D eigenvalue weighted by Crippen LogP contribution is 2.25. The van der Waals surface area contributed by atoms with Crippen molar-refractivity contribution in [2.24, 2.45) is 0 Å². The molecule has 1 atom stereocenters. The van der Waals surface area contributed by atoms with Crippen LogP contribution in [0.1, 0.15) is 6.92 Å². The van der Waals surface area contributed by atoms with Gasteiger partial charge in [0.2, 0.25) is 0 Å². The van der Waals surface area contributed by atoms with Crippen LogP contribution in [0.4, 0.5) is 0 Å². The van der Waals surface area contributed by atoms with Gasteiger partial charge in [0.15, 0.2) is 23.1 Å². The molecule has 6 heteroatoms. The summed E-state index contributed by atoms with van der Waals surface area (Å²) in [6.45, 7) is 1.57. The molecule has 0 aliphatic carbocycles. The average molecular weight is 314 g/mol. The normalized spacial score (nSPS) is 12.1. The molecule has 2 heterocycles. The molecule has 0 fully saturated rings. The molecular formula is C17H14O6. The Kier molecular flexibility index (Phi) is 3.89. The Balaban J connectivity index is 1.98. The van der Waals surface area contributed by atoms with Gasteiger partial charge in [0, 0.05) is 6.07 Å². The van der Waals surface area contributed by atoms with E-state index in [-0.39, 0.29) is 5.43 Å². The summed E-state index contributed by atoms with van der Waals surface area (Å²) in [5.74, 6) is 0.714. The number of furan rings is 1. The number of carbonyl (C=O) groups is 1. The molecule has 6 nitrogen and oxygen atoms in total. The Hall–Kier alpha value is -3.02. The molecule has 3 aromatic rings. The number of carbonyl (C=O) groups excluding carboxylic acids is 1. The first-order chi connectivity index (χ1) is 11.1. The Morgan fingerprint density at radius 3 is 2.70 bits per heavy atom. The van der Waals surface area contributed by atoms with E-state index in [1.807, 2.05) is 0 Å². The summed E-state index contributed by atoms with van der Waals surface area (Å²) in [5.41, 5.74) is 0.177. The SMILES string of the molecule is COC(=O)[C@H](C)Oc1ccc2oc(-c3ccco3)cc(=O)c2c1. The van der Waals surface area contributed by atoms with Crippen molar-refractivity contribution in [1.29, 1.82) is 0 Å². The number of benzene rings is 1. The third-order valence-electron chi connectivity index (χ3n) is 3.31. The van der Waals surface area contributed by atoms with E-state index in [4.69, 9.17) is 13.6 Å². The molecule has 0 spiro atoms. The van der Waals surface area contributed by atoms with Crippen molar-refractivity contribution >= 4 is 16.9 Å². The van der Waals surface area contributed by atoms with Crippen LogP contribution in [0, 0.1) is 0 Å². The summed E-state index contributed by atoms with van der Waals surface area (Å²) in [5, 5.41) is 0.356. The molecule has 0 bridgehead atoms. The molecule has 0 aliphatic heterocycles. The molecule has 0 N–H and O–H groups in total. The highest BCUT2D eigenvalue weighted by atomic mass is 16.6. The molecule has 118 valence electrons. The van der Waals surface area contributed by atoms with Crippen LogP contribution in [-0.4, -0.2) is 19.2 Å². The van der Waals surface area contributed by atoms with Gasteiger partial charge >= 0.3 is 5.97 Å². The maximum absolute atomic E-state index is 12.3. The molecule has 0 amide bonds. The van der Waals surface area contributed by atoms with E-state index in [9.17, 15) is 9.59 Å². The quantitative estimate of drug-likeness (QED) is 0.689. The van der Waals surface area contributed by atoms with E-state index in [1.54, 1.807) is 31.2 Å². The van der Waals surface area contributed by atoms with Gasteiger partial charge in [-0.3, -0.25) is 4.79 Å². The smallest absolute Gasteiger partial charge is 0.346 e. The first-order valence-corrected chi connectivity index (χ1v) is 6.95. The van der Waals surface area contributed by atoms with Crippen LogP contribution in [0.25, 0.3) is 22.5 Å². The summed E-state index contributed by atoms with van der Waals surface area (Å²) in [6, 6.07) is 9.55. The van der Waals surface area contributed by atoms with Gasteiger partial charge in [-0.25, -0.2) is 4.79 Å². The van der Waals surface area contributed by atoms with Gasteiger partial charge in [0.05, 0.1) is 18.8 Å². The molecule has 1 aromatic carbocycles. The summed E-state index contributed by atoms with van der Waals surface area (Å²) in [6.07, 6.45) is 0.733. The van der Waals surface area contributed by atoms with Crippen LogP contribution >= 0.6 is 0 Å². The zero-order chi connectivity index (χ0) is 16.4. The minimum atomic E-state index is -0.771.